The van der Waals surface area contributed by atoms with E-state index in [0.717, 1.165) is 9.86 Å². The number of furan rings is 1. The molecule has 0 N–H and O–H groups in total. The number of para-hydroxylation sites is 1. The molecule has 0 unspecified atom stereocenters. The van der Waals surface area contributed by atoms with Crippen LogP contribution in [0.5, 0.6) is 0 Å². The van der Waals surface area contributed by atoms with Crippen molar-refractivity contribution in [1.29, 1.82) is 0 Å². The van der Waals surface area contributed by atoms with Crippen LogP contribution in [0, 0.1) is 0 Å². The maximum atomic E-state index is 12.4. The molecular weight excluding hydrogens is 363 g/mol. The molecular formula is C15H7BrCl2O2. The molecule has 2 nitrogen and oxygen atoms in total. The first kappa shape index (κ1) is 13.7. The highest BCUT2D eigenvalue weighted by Gasteiger charge is 2.16. The number of hydrogen-bond donors (Lipinski definition) is 0. The average Bonchev–Trinajstić information content (AvgIpc) is 2.86. The molecule has 0 spiro atoms. The molecule has 0 fully saturated rings. The lowest BCUT2D eigenvalue weighted by molar-refractivity contribution is 0.101. The molecule has 1 heterocycles. The molecule has 3 aromatic rings. The molecule has 1 aromatic heterocycles. The summed E-state index contributed by atoms with van der Waals surface area (Å²) in [6, 6.07) is 12.1. The monoisotopic (exact) mass is 368 g/mol. The van der Waals surface area contributed by atoms with Gasteiger partial charge in [-0.25, -0.2) is 0 Å². The lowest BCUT2D eigenvalue weighted by Gasteiger charge is -2.00. The Kier molecular flexibility index (Phi) is 3.59. The number of fused-ring (bicyclic) bond motifs is 1. The molecule has 3 rings (SSSR count). The first-order valence-corrected chi connectivity index (χ1v) is 7.29. The van der Waals surface area contributed by atoms with Gasteiger partial charge in [-0.2, -0.15) is 0 Å². The van der Waals surface area contributed by atoms with E-state index < -0.39 is 0 Å². The van der Waals surface area contributed by atoms with E-state index in [1.54, 1.807) is 18.2 Å². The van der Waals surface area contributed by atoms with Crippen molar-refractivity contribution < 1.29 is 9.21 Å². The summed E-state index contributed by atoms with van der Waals surface area (Å²) >= 11 is 15.2. The number of carbonyl (C=O) groups is 1. The van der Waals surface area contributed by atoms with Crippen molar-refractivity contribution in [2.75, 3.05) is 0 Å². The summed E-state index contributed by atoms with van der Waals surface area (Å²) < 4.78 is 6.42. The van der Waals surface area contributed by atoms with Gasteiger partial charge in [-0.15, -0.1) is 0 Å². The van der Waals surface area contributed by atoms with Crippen LogP contribution in [-0.4, -0.2) is 5.78 Å². The third-order valence-corrected chi connectivity index (χ3v) is 4.27. The summed E-state index contributed by atoms with van der Waals surface area (Å²) in [6.07, 6.45) is 0. The normalized spacial score (nSPS) is 10.9. The van der Waals surface area contributed by atoms with E-state index in [1.165, 1.54) is 6.07 Å². The Hall–Kier alpha value is -1.29. The lowest BCUT2D eigenvalue weighted by Crippen LogP contribution is -1.99. The number of ketones is 1. The molecule has 0 saturated heterocycles. The van der Waals surface area contributed by atoms with Crippen LogP contribution < -0.4 is 0 Å². The Morgan fingerprint density at radius 1 is 1.05 bits per heavy atom. The van der Waals surface area contributed by atoms with Gasteiger partial charge in [0.15, 0.2) is 5.76 Å². The van der Waals surface area contributed by atoms with Crippen molar-refractivity contribution in [2.45, 2.75) is 0 Å². The van der Waals surface area contributed by atoms with Gasteiger partial charge in [-0.05, 0) is 46.3 Å². The summed E-state index contributed by atoms with van der Waals surface area (Å²) in [5, 5.41) is 1.62. The molecule has 0 aliphatic carbocycles. The number of benzene rings is 2. The Morgan fingerprint density at radius 3 is 2.55 bits per heavy atom. The van der Waals surface area contributed by atoms with Crippen LogP contribution in [0.2, 0.25) is 10.0 Å². The van der Waals surface area contributed by atoms with Crippen LogP contribution in [0.3, 0.4) is 0 Å². The second-order valence-electron chi connectivity index (χ2n) is 4.23. The van der Waals surface area contributed by atoms with Crippen LogP contribution in [0.1, 0.15) is 16.1 Å². The highest BCUT2D eigenvalue weighted by atomic mass is 79.9. The van der Waals surface area contributed by atoms with Gasteiger partial charge in [0.1, 0.15) is 5.58 Å². The number of hydrogen-bond acceptors (Lipinski definition) is 2. The molecule has 5 heteroatoms. The summed E-state index contributed by atoms with van der Waals surface area (Å²) in [7, 11) is 0. The van der Waals surface area contributed by atoms with Crippen molar-refractivity contribution in [2.24, 2.45) is 0 Å². The fourth-order valence-corrected chi connectivity index (χ4v) is 2.68. The first-order chi connectivity index (χ1) is 9.56. The van der Waals surface area contributed by atoms with E-state index in [1.807, 2.05) is 18.2 Å². The molecule has 0 atom stereocenters. The maximum absolute atomic E-state index is 12.4. The zero-order valence-electron chi connectivity index (χ0n) is 9.99. The van der Waals surface area contributed by atoms with Crippen LogP contribution >= 0.6 is 39.1 Å². The summed E-state index contributed by atoms with van der Waals surface area (Å²) in [5.41, 5.74) is 1.09. The van der Waals surface area contributed by atoms with Crippen LogP contribution in [0.15, 0.2) is 51.4 Å². The van der Waals surface area contributed by atoms with E-state index in [-0.39, 0.29) is 11.5 Å². The minimum Gasteiger partial charge on any atom is -0.451 e. The van der Waals surface area contributed by atoms with Gasteiger partial charge >= 0.3 is 0 Å². The van der Waals surface area contributed by atoms with E-state index in [0.29, 0.717) is 21.2 Å². The molecule has 0 aliphatic heterocycles. The van der Waals surface area contributed by atoms with Crippen molar-refractivity contribution in [3.05, 3.63) is 68.3 Å². The minimum absolute atomic E-state index is 0.230. The zero-order valence-corrected chi connectivity index (χ0v) is 13.1. The number of carbonyl (C=O) groups excluding carboxylic acids is 1. The number of rotatable bonds is 2. The van der Waals surface area contributed by atoms with Crippen LogP contribution in [0.25, 0.3) is 11.0 Å². The summed E-state index contributed by atoms with van der Waals surface area (Å²) in [6.45, 7) is 0. The quantitative estimate of drug-likeness (QED) is 0.539. The van der Waals surface area contributed by atoms with Gasteiger partial charge in [0.25, 0.3) is 0 Å². The van der Waals surface area contributed by atoms with Gasteiger partial charge < -0.3 is 4.42 Å². The molecule has 0 saturated carbocycles. The standard InChI is InChI=1S/C15H7BrCl2O2/c16-10-3-1-2-9-7-13(20-15(9)10)14(19)8-4-5-11(17)12(18)6-8/h1-7H. The highest BCUT2D eigenvalue weighted by molar-refractivity contribution is 9.10. The molecule has 0 radical (unpaired) electrons. The van der Waals surface area contributed by atoms with Gasteiger partial charge in [-0.3, -0.25) is 4.79 Å². The second kappa shape index (κ2) is 5.24. The van der Waals surface area contributed by atoms with E-state index in [9.17, 15) is 4.79 Å². The molecule has 0 amide bonds. The fraction of sp³-hybridized carbons (Fsp3) is 0. The summed E-state index contributed by atoms with van der Waals surface area (Å²) in [4.78, 5) is 12.4. The Balaban J connectivity index is 2.08. The van der Waals surface area contributed by atoms with Crippen molar-refractivity contribution >= 4 is 55.9 Å². The van der Waals surface area contributed by atoms with Crippen molar-refractivity contribution in [1.82, 2.24) is 0 Å². The van der Waals surface area contributed by atoms with Crippen LogP contribution in [-0.2, 0) is 0 Å². The SMILES string of the molecule is O=C(c1ccc(Cl)c(Cl)c1)c1cc2cccc(Br)c2o1. The lowest BCUT2D eigenvalue weighted by atomic mass is 10.1. The minimum atomic E-state index is -0.230. The van der Waals surface area contributed by atoms with Crippen LogP contribution in [0.4, 0.5) is 0 Å². The first-order valence-electron chi connectivity index (χ1n) is 5.74. The Labute approximate surface area is 133 Å². The Bertz CT molecular complexity index is 824. The smallest absolute Gasteiger partial charge is 0.228 e. The predicted octanol–water partition coefficient (Wildman–Crippen LogP) is 5.73. The molecule has 100 valence electrons. The number of halogens is 3. The average molecular weight is 370 g/mol. The molecule has 0 bridgehead atoms. The highest BCUT2D eigenvalue weighted by Crippen LogP contribution is 2.29. The van der Waals surface area contributed by atoms with Gasteiger partial charge in [0.05, 0.1) is 14.5 Å². The third-order valence-electron chi connectivity index (χ3n) is 2.90. The third kappa shape index (κ3) is 2.37. The molecule has 2 aromatic carbocycles. The van der Waals surface area contributed by atoms with Crippen molar-refractivity contribution in [3.63, 3.8) is 0 Å². The van der Waals surface area contributed by atoms with Gasteiger partial charge in [0.2, 0.25) is 5.78 Å². The largest absolute Gasteiger partial charge is 0.451 e. The molecule has 20 heavy (non-hydrogen) atoms. The van der Waals surface area contributed by atoms with E-state index in [2.05, 4.69) is 15.9 Å². The maximum Gasteiger partial charge on any atom is 0.228 e. The Morgan fingerprint density at radius 2 is 1.85 bits per heavy atom. The van der Waals surface area contributed by atoms with E-state index in [4.69, 9.17) is 27.6 Å². The van der Waals surface area contributed by atoms with Gasteiger partial charge in [-0.1, -0.05) is 35.3 Å². The second-order valence-corrected chi connectivity index (χ2v) is 5.90. The fourth-order valence-electron chi connectivity index (χ4n) is 1.92. The topological polar surface area (TPSA) is 30.2 Å². The van der Waals surface area contributed by atoms with Gasteiger partial charge in [0, 0.05) is 10.9 Å². The molecule has 0 aliphatic rings. The van der Waals surface area contributed by atoms with E-state index >= 15 is 0 Å². The van der Waals surface area contributed by atoms with Crippen molar-refractivity contribution in [3.8, 4) is 0 Å². The predicted molar refractivity (Wildman–Crippen MR) is 83.8 cm³/mol. The zero-order chi connectivity index (χ0) is 14.3. The summed E-state index contributed by atoms with van der Waals surface area (Å²) in [5.74, 6) is 0.0388.